The number of benzene rings is 1. The van der Waals surface area contributed by atoms with Crippen molar-refractivity contribution in [2.24, 2.45) is 0 Å². The van der Waals surface area contributed by atoms with E-state index in [-0.39, 0.29) is 5.63 Å². The molecule has 1 aromatic carbocycles. The van der Waals surface area contributed by atoms with Gasteiger partial charge >= 0.3 is 5.63 Å². The van der Waals surface area contributed by atoms with E-state index < -0.39 is 10.8 Å². The summed E-state index contributed by atoms with van der Waals surface area (Å²) in [5.74, 6) is 0. The lowest BCUT2D eigenvalue weighted by Crippen LogP contribution is -2.09. The van der Waals surface area contributed by atoms with Crippen molar-refractivity contribution in [1.29, 1.82) is 0 Å². The highest BCUT2D eigenvalue weighted by molar-refractivity contribution is 7.84. The van der Waals surface area contributed by atoms with Crippen LogP contribution in [-0.4, -0.2) is 25.2 Å². The lowest BCUT2D eigenvalue weighted by Gasteiger charge is -2.09. The molecule has 2 aromatic heterocycles. The highest BCUT2D eigenvalue weighted by atomic mass is 32.2. The van der Waals surface area contributed by atoms with Crippen LogP contribution in [0.5, 0.6) is 0 Å². The Hall–Kier alpha value is -2.28. The van der Waals surface area contributed by atoms with Gasteiger partial charge in [0.15, 0.2) is 0 Å². The van der Waals surface area contributed by atoms with E-state index in [0.29, 0.717) is 17.3 Å². The smallest absolute Gasteiger partial charge is 0.336 e. The molecule has 0 fully saturated rings. The molecular formula is C16H15N3O3S. The molecule has 7 heteroatoms. The normalized spacial score (nSPS) is 15.0. The van der Waals surface area contributed by atoms with E-state index in [1.54, 1.807) is 10.8 Å². The number of aromatic nitrogens is 3. The summed E-state index contributed by atoms with van der Waals surface area (Å²) in [5.41, 5.74) is 3.64. The Morgan fingerprint density at radius 2 is 2.04 bits per heavy atom. The Labute approximate surface area is 134 Å². The molecule has 23 heavy (non-hydrogen) atoms. The first-order valence-corrected chi connectivity index (χ1v) is 8.97. The van der Waals surface area contributed by atoms with E-state index in [1.165, 1.54) is 23.5 Å². The van der Waals surface area contributed by atoms with Gasteiger partial charge in [0.25, 0.3) is 0 Å². The molecule has 0 N–H and O–H groups in total. The van der Waals surface area contributed by atoms with Crippen LogP contribution in [0.15, 0.2) is 38.9 Å². The quantitative estimate of drug-likeness (QED) is 0.683. The fourth-order valence-electron chi connectivity index (χ4n) is 3.18. The second-order valence-electron chi connectivity index (χ2n) is 5.76. The second-order valence-corrected chi connectivity index (χ2v) is 7.03. The van der Waals surface area contributed by atoms with Crippen LogP contribution in [0.1, 0.15) is 23.1 Å². The van der Waals surface area contributed by atoms with Gasteiger partial charge in [-0.1, -0.05) is 0 Å². The third-order valence-electron chi connectivity index (χ3n) is 4.22. The third-order valence-corrected chi connectivity index (χ3v) is 5.05. The molecule has 0 aliphatic heterocycles. The van der Waals surface area contributed by atoms with Crippen molar-refractivity contribution in [2.75, 3.05) is 6.26 Å². The number of nitrogens with zero attached hydrogens (tertiary/aromatic N) is 3. The van der Waals surface area contributed by atoms with Gasteiger partial charge in [-0.2, -0.15) is 0 Å². The molecule has 0 bridgehead atoms. The molecule has 1 aliphatic carbocycles. The Balaban J connectivity index is 1.87. The van der Waals surface area contributed by atoms with Crippen molar-refractivity contribution in [3.63, 3.8) is 0 Å². The molecule has 2 heterocycles. The predicted octanol–water partition coefficient (Wildman–Crippen LogP) is 1.66. The van der Waals surface area contributed by atoms with Crippen molar-refractivity contribution in [3.8, 4) is 0 Å². The lowest BCUT2D eigenvalue weighted by molar-refractivity contribution is 0.556. The zero-order valence-corrected chi connectivity index (χ0v) is 13.4. The first-order valence-electron chi connectivity index (χ1n) is 7.41. The number of rotatable bonds is 3. The highest BCUT2D eigenvalue weighted by Crippen LogP contribution is 2.28. The molecule has 4 rings (SSSR count). The number of aryl methyl sites for hydroxylation is 2. The van der Waals surface area contributed by atoms with Gasteiger partial charge in [-0.25, -0.2) is 4.79 Å². The highest BCUT2D eigenvalue weighted by Gasteiger charge is 2.16. The van der Waals surface area contributed by atoms with Gasteiger partial charge in [0, 0.05) is 17.7 Å². The molecule has 0 saturated carbocycles. The van der Waals surface area contributed by atoms with Crippen LogP contribution in [-0.2, 0) is 30.2 Å². The summed E-state index contributed by atoms with van der Waals surface area (Å²) in [6.45, 7) is 0.392. The molecule has 6 nitrogen and oxygen atoms in total. The fourth-order valence-corrected chi connectivity index (χ4v) is 3.79. The maximum absolute atomic E-state index is 11.9. The van der Waals surface area contributed by atoms with Crippen molar-refractivity contribution >= 4 is 21.8 Å². The molecule has 118 valence electrons. The van der Waals surface area contributed by atoms with E-state index in [2.05, 4.69) is 16.3 Å². The van der Waals surface area contributed by atoms with Crippen LogP contribution in [0.3, 0.4) is 0 Å². The van der Waals surface area contributed by atoms with Crippen molar-refractivity contribution in [2.45, 2.75) is 31.0 Å². The topological polar surface area (TPSA) is 78.0 Å². The van der Waals surface area contributed by atoms with Crippen LogP contribution >= 0.6 is 0 Å². The number of hydrogen-bond donors (Lipinski definition) is 0. The first kappa shape index (κ1) is 14.3. The van der Waals surface area contributed by atoms with Crippen LogP contribution < -0.4 is 5.63 Å². The van der Waals surface area contributed by atoms with Crippen molar-refractivity contribution in [3.05, 3.63) is 51.6 Å². The SMILES string of the molecule is CS(=O)c1nncn1Cc1cc(=O)oc2cc3c(cc12)CCC3. The fraction of sp³-hybridized carbons (Fsp3) is 0.312. The zero-order chi connectivity index (χ0) is 16.0. The van der Waals surface area contributed by atoms with Gasteiger partial charge in [0.2, 0.25) is 5.16 Å². The van der Waals surface area contributed by atoms with Crippen LogP contribution in [0.25, 0.3) is 11.0 Å². The maximum Gasteiger partial charge on any atom is 0.336 e. The van der Waals surface area contributed by atoms with Gasteiger partial charge < -0.3 is 8.98 Å². The average molecular weight is 329 g/mol. The minimum atomic E-state index is -1.23. The van der Waals surface area contributed by atoms with Crippen LogP contribution in [0.4, 0.5) is 0 Å². The minimum Gasteiger partial charge on any atom is -0.423 e. The van der Waals surface area contributed by atoms with E-state index in [0.717, 1.165) is 30.2 Å². The van der Waals surface area contributed by atoms with Gasteiger partial charge in [-0.3, -0.25) is 4.21 Å². The summed E-state index contributed by atoms with van der Waals surface area (Å²) < 4.78 is 18.8. The monoisotopic (exact) mass is 329 g/mol. The molecule has 0 radical (unpaired) electrons. The van der Waals surface area contributed by atoms with Gasteiger partial charge in [-0.05, 0) is 48.1 Å². The molecule has 1 aliphatic rings. The number of hydrogen-bond acceptors (Lipinski definition) is 5. The van der Waals surface area contributed by atoms with E-state index in [9.17, 15) is 9.00 Å². The van der Waals surface area contributed by atoms with Crippen LogP contribution in [0.2, 0.25) is 0 Å². The second kappa shape index (κ2) is 5.42. The Morgan fingerprint density at radius 1 is 1.26 bits per heavy atom. The summed E-state index contributed by atoms with van der Waals surface area (Å²) in [6.07, 6.45) is 6.31. The molecular weight excluding hydrogens is 314 g/mol. The molecule has 1 unspecified atom stereocenters. The summed E-state index contributed by atoms with van der Waals surface area (Å²) in [7, 11) is -1.23. The maximum atomic E-state index is 11.9. The molecule has 0 saturated heterocycles. The first-order chi connectivity index (χ1) is 11.1. The van der Waals surface area contributed by atoms with Gasteiger partial charge in [0.05, 0.1) is 17.3 Å². The lowest BCUT2D eigenvalue weighted by atomic mass is 10.0. The summed E-state index contributed by atoms with van der Waals surface area (Å²) in [5, 5.41) is 9.02. The predicted molar refractivity (Wildman–Crippen MR) is 86.0 cm³/mol. The molecule has 0 amide bonds. The minimum absolute atomic E-state index is 0.377. The largest absolute Gasteiger partial charge is 0.423 e. The van der Waals surface area contributed by atoms with Crippen LogP contribution in [0, 0.1) is 0 Å². The summed E-state index contributed by atoms with van der Waals surface area (Å²) in [6, 6.07) is 5.59. The number of fused-ring (bicyclic) bond motifs is 2. The van der Waals surface area contributed by atoms with Crippen molar-refractivity contribution in [1.82, 2.24) is 14.8 Å². The molecule has 1 atom stereocenters. The third kappa shape index (κ3) is 2.50. The Morgan fingerprint density at radius 3 is 2.83 bits per heavy atom. The van der Waals surface area contributed by atoms with Crippen molar-refractivity contribution < 1.29 is 8.63 Å². The van der Waals surface area contributed by atoms with Gasteiger partial charge in [0.1, 0.15) is 11.9 Å². The summed E-state index contributed by atoms with van der Waals surface area (Å²) in [4.78, 5) is 11.9. The molecule has 3 aromatic rings. The molecule has 0 spiro atoms. The van der Waals surface area contributed by atoms with E-state index in [1.807, 2.05) is 6.07 Å². The Kier molecular flexibility index (Phi) is 3.37. The average Bonchev–Trinajstić information content (AvgIpc) is 3.13. The standard InChI is InChI=1S/C16H15N3O3S/c1-23(21)16-18-17-9-19(16)8-12-7-15(20)22-14-6-11-4-2-3-10(11)5-13(12)14/h5-7,9H,2-4,8H2,1H3. The Bertz CT molecular complexity index is 990. The zero-order valence-electron chi connectivity index (χ0n) is 12.6. The summed E-state index contributed by atoms with van der Waals surface area (Å²) >= 11 is 0. The van der Waals surface area contributed by atoms with Gasteiger partial charge in [-0.15, -0.1) is 10.2 Å². The van der Waals surface area contributed by atoms with E-state index in [4.69, 9.17) is 4.42 Å². The van der Waals surface area contributed by atoms with E-state index >= 15 is 0 Å².